The highest BCUT2D eigenvalue weighted by molar-refractivity contribution is 5.95. The van der Waals surface area contributed by atoms with Crippen LogP contribution >= 0.6 is 0 Å². The molecule has 0 aromatic heterocycles. The van der Waals surface area contributed by atoms with Crippen molar-refractivity contribution in [2.45, 2.75) is 37.7 Å². The minimum Gasteiger partial charge on any atom is -0.361 e. The van der Waals surface area contributed by atoms with Gasteiger partial charge in [-0.15, -0.1) is 0 Å². The van der Waals surface area contributed by atoms with Crippen LogP contribution in [0, 0.1) is 11.7 Å². The lowest BCUT2D eigenvalue weighted by atomic mass is 9.82. The van der Waals surface area contributed by atoms with Gasteiger partial charge in [0.15, 0.2) is 0 Å². The van der Waals surface area contributed by atoms with E-state index in [0.29, 0.717) is 18.8 Å². The average Bonchev–Trinajstić information content (AvgIpc) is 2.56. The fourth-order valence-corrected chi connectivity index (χ4v) is 4.04. The first kappa shape index (κ1) is 16.5. The van der Waals surface area contributed by atoms with Crippen LogP contribution in [0.25, 0.3) is 0 Å². The number of halogens is 1. The summed E-state index contributed by atoms with van der Waals surface area (Å²) in [5, 5.41) is 0. The van der Waals surface area contributed by atoms with Crippen molar-refractivity contribution >= 4 is 17.5 Å². The molecule has 1 aliphatic carbocycles. The largest absolute Gasteiger partial charge is 0.361 e. The molecule has 25 heavy (non-hydrogen) atoms. The molecule has 1 aromatic carbocycles. The molecule has 0 radical (unpaired) electrons. The van der Waals surface area contributed by atoms with Crippen LogP contribution < -0.4 is 4.90 Å². The van der Waals surface area contributed by atoms with Gasteiger partial charge >= 0.3 is 0 Å². The number of morpholine rings is 1. The summed E-state index contributed by atoms with van der Waals surface area (Å²) < 4.78 is 19.5. The van der Waals surface area contributed by atoms with Gasteiger partial charge < -0.3 is 14.5 Å². The normalized spacial score (nSPS) is 27.5. The molecule has 6 heteroatoms. The number of amides is 2. The molecule has 2 heterocycles. The Hall–Kier alpha value is -1.95. The lowest BCUT2D eigenvalue weighted by Gasteiger charge is -2.48. The molecule has 0 N–H and O–H groups in total. The van der Waals surface area contributed by atoms with Crippen LogP contribution in [0.15, 0.2) is 24.3 Å². The van der Waals surface area contributed by atoms with Crippen LogP contribution in [0.2, 0.25) is 0 Å². The van der Waals surface area contributed by atoms with Crippen LogP contribution in [0.3, 0.4) is 0 Å². The molecule has 2 aliphatic heterocycles. The number of piperidine rings is 1. The number of likely N-dealkylation sites (tertiary alicyclic amines) is 1. The van der Waals surface area contributed by atoms with Crippen LogP contribution in [-0.2, 0) is 14.3 Å². The summed E-state index contributed by atoms with van der Waals surface area (Å²) >= 11 is 0. The topological polar surface area (TPSA) is 49.9 Å². The molecular weight excluding hydrogens is 323 g/mol. The first-order valence-corrected chi connectivity index (χ1v) is 9.05. The van der Waals surface area contributed by atoms with E-state index >= 15 is 0 Å². The van der Waals surface area contributed by atoms with Crippen molar-refractivity contribution in [3.05, 3.63) is 30.1 Å². The van der Waals surface area contributed by atoms with Gasteiger partial charge in [0, 0.05) is 18.2 Å². The van der Waals surface area contributed by atoms with Gasteiger partial charge in [-0.2, -0.15) is 0 Å². The van der Waals surface area contributed by atoms with Gasteiger partial charge in [0.1, 0.15) is 18.0 Å². The lowest BCUT2D eigenvalue weighted by Crippen LogP contribution is -2.62. The van der Waals surface area contributed by atoms with E-state index in [1.165, 1.54) is 12.1 Å². The molecule has 1 unspecified atom stereocenters. The highest BCUT2D eigenvalue weighted by Gasteiger charge is 2.45. The van der Waals surface area contributed by atoms with E-state index in [1.807, 2.05) is 4.90 Å². The van der Waals surface area contributed by atoms with Crippen molar-refractivity contribution in [1.82, 2.24) is 4.90 Å². The minimum atomic E-state index is -0.544. The van der Waals surface area contributed by atoms with E-state index in [2.05, 4.69) is 0 Å². The second kappa shape index (κ2) is 6.41. The fraction of sp³-hybridized carbons (Fsp3) is 0.579. The van der Waals surface area contributed by atoms with E-state index < -0.39 is 5.60 Å². The number of hydrogen-bond donors (Lipinski definition) is 0. The predicted octanol–water partition coefficient (Wildman–Crippen LogP) is 2.35. The van der Waals surface area contributed by atoms with Crippen molar-refractivity contribution in [2.75, 3.05) is 31.1 Å². The highest BCUT2D eigenvalue weighted by Crippen LogP contribution is 2.35. The maximum atomic E-state index is 13.6. The summed E-state index contributed by atoms with van der Waals surface area (Å²) in [4.78, 5) is 28.4. The number of anilines is 1. The Kier molecular flexibility index (Phi) is 4.23. The molecule has 1 aromatic rings. The zero-order valence-electron chi connectivity index (χ0n) is 14.2. The standard InChI is InChI=1S/C19H23FN2O3/c20-15-6-2-7-16(10-15)22-13-19(25-11-17(22)23)8-3-9-21(12-19)18(24)14-4-1-5-14/h2,6-7,10,14H,1,3-5,8-9,11-13H2. The Labute approximate surface area is 146 Å². The average molecular weight is 346 g/mol. The van der Waals surface area contributed by atoms with Crippen LogP contribution in [-0.4, -0.2) is 48.6 Å². The van der Waals surface area contributed by atoms with E-state index in [4.69, 9.17) is 4.74 Å². The zero-order chi connectivity index (χ0) is 17.4. The first-order valence-electron chi connectivity index (χ1n) is 9.05. The van der Waals surface area contributed by atoms with Crippen LogP contribution in [0.4, 0.5) is 10.1 Å². The van der Waals surface area contributed by atoms with Gasteiger partial charge in [0.05, 0.1) is 13.1 Å². The second-order valence-electron chi connectivity index (χ2n) is 7.42. The fourth-order valence-electron chi connectivity index (χ4n) is 4.04. The third-order valence-corrected chi connectivity index (χ3v) is 5.67. The minimum absolute atomic E-state index is 0.0258. The summed E-state index contributed by atoms with van der Waals surface area (Å²) in [7, 11) is 0. The molecule has 3 fully saturated rings. The Bertz CT molecular complexity index is 691. The molecule has 1 spiro atoms. The summed E-state index contributed by atoms with van der Waals surface area (Å²) in [6.45, 7) is 1.61. The summed E-state index contributed by atoms with van der Waals surface area (Å²) in [5.41, 5.74) is 0.00727. The number of ether oxygens (including phenoxy) is 1. The molecule has 2 amide bonds. The Morgan fingerprint density at radius 1 is 1.24 bits per heavy atom. The molecule has 1 atom stereocenters. The summed E-state index contributed by atoms with van der Waals surface area (Å²) in [6.07, 6.45) is 4.77. The molecular formula is C19H23FN2O3. The van der Waals surface area contributed by atoms with Crippen molar-refractivity contribution < 1.29 is 18.7 Å². The molecule has 1 saturated carbocycles. The number of benzene rings is 1. The summed E-state index contributed by atoms with van der Waals surface area (Å²) in [5.74, 6) is -0.141. The van der Waals surface area contributed by atoms with Crippen LogP contribution in [0.5, 0.6) is 0 Å². The van der Waals surface area contributed by atoms with E-state index in [1.54, 1.807) is 17.0 Å². The van der Waals surface area contributed by atoms with Gasteiger partial charge in [-0.1, -0.05) is 12.5 Å². The van der Waals surface area contributed by atoms with Crippen molar-refractivity contribution in [3.63, 3.8) is 0 Å². The Morgan fingerprint density at radius 2 is 2.08 bits per heavy atom. The van der Waals surface area contributed by atoms with E-state index in [-0.39, 0.29) is 30.2 Å². The maximum absolute atomic E-state index is 13.6. The highest BCUT2D eigenvalue weighted by atomic mass is 19.1. The smallest absolute Gasteiger partial charge is 0.253 e. The number of rotatable bonds is 2. The Balaban J connectivity index is 1.52. The molecule has 2 saturated heterocycles. The number of carbonyl (C=O) groups excluding carboxylic acids is 2. The van der Waals surface area contributed by atoms with Gasteiger partial charge in [-0.3, -0.25) is 9.59 Å². The van der Waals surface area contributed by atoms with Crippen molar-refractivity contribution in [2.24, 2.45) is 5.92 Å². The quantitative estimate of drug-likeness (QED) is 0.826. The van der Waals surface area contributed by atoms with Crippen molar-refractivity contribution in [3.8, 4) is 0 Å². The van der Waals surface area contributed by atoms with Gasteiger partial charge in [0.2, 0.25) is 5.91 Å². The monoisotopic (exact) mass is 346 g/mol. The van der Waals surface area contributed by atoms with E-state index in [0.717, 1.165) is 38.6 Å². The summed E-state index contributed by atoms with van der Waals surface area (Å²) in [6, 6.07) is 6.08. The van der Waals surface area contributed by atoms with Crippen LogP contribution in [0.1, 0.15) is 32.1 Å². The number of nitrogens with zero attached hydrogens (tertiary/aromatic N) is 2. The number of carbonyl (C=O) groups is 2. The van der Waals surface area contributed by atoms with Gasteiger partial charge in [0.25, 0.3) is 5.91 Å². The molecule has 4 rings (SSSR count). The molecule has 0 bridgehead atoms. The lowest BCUT2D eigenvalue weighted by molar-refractivity contribution is -0.157. The number of hydrogen-bond acceptors (Lipinski definition) is 3. The van der Waals surface area contributed by atoms with Gasteiger partial charge in [-0.05, 0) is 43.9 Å². The SMILES string of the molecule is O=C(C1CCC1)N1CCCC2(C1)CN(c1cccc(F)c1)C(=O)CO2. The predicted molar refractivity (Wildman–Crippen MR) is 90.6 cm³/mol. The first-order chi connectivity index (χ1) is 12.1. The third kappa shape index (κ3) is 3.15. The third-order valence-electron chi connectivity index (χ3n) is 5.67. The van der Waals surface area contributed by atoms with Crippen molar-refractivity contribution in [1.29, 1.82) is 0 Å². The molecule has 134 valence electrons. The second-order valence-corrected chi connectivity index (χ2v) is 7.42. The zero-order valence-corrected chi connectivity index (χ0v) is 14.2. The molecule has 5 nitrogen and oxygen atoms in total. The van der Waals surface area contributed by atoms with E-state index in [9.17, 15) is 14.0 Å². The van der Waals surface area contributed by atoms with Gasteiger partial charge in [-0.25, -0.2) is 4.39 Å². The maximum Gasteiger partial charge on any atom is 0.253 e. The molecule has 3 aliphatic rings. The Morgan fingerprint density at radius 3 is 2.80 bits per heavy atom.